The van der Waals surface area contributed by atoms with E-state index in [0.717, 1.165) is 62.4 Å². The maximum Gasteiger partial charge on any atom is 0.134 e. The molecule has 0 aliphatic heterocycles. The summed E-state index contributed by atoms with van der Waals surface area (Å²) in [4.78, 5) is 8.63. The Hall–Kier alpha value is -1.36. The van der Waals surface area contributed by atoms with Gasteiger partial charge in [0.25, 0.3) is 0 Å². The molecule has 0 radical (unpaired) electrons. The molecule has 0 aliphatic rings. The molecule has 0 saturated heterocycles. The van der Waals surface area contributed by atoms with Gasteiger partial charge in [0.15, 0.2) is 0 Å². The van der Waals surface area contributed by atoms with Gasteiger partial charge in [-0.3, -0.25) is 0 Å². The van der Waals surface area contributed by atoms with Gasteiger partial charge in [0.05, 0.1) is 0 Å². The van der Waals surface area contributed by atoms with Gasteiger partial charge >= 0.3 is 0 Å². The van der Waals surface area contributed by atoms with Crippen molar-refractivity contribution in [1.29, 1.82) is 0 Å². The fourth-order valence-electron chi connectivity index (χ4n) is 1.92. The number of nitrogens with one attached hydrogen (secondary N) is 2. The number of hydrogen-bond donors (Lipinski definition) is 3. The Morgan fingerprint density at radius 1 is 1.00 bits per heavy atom. The highest BCUT2D eigenvalue weighted by molar-refractivity contribution is 5.57. The van der Waals surface area contributed by atoms with Crippen molar-refractivity contribution in [3.05, 3.63) is 11.9 Å². The summed E-state index contributed by atoms with van der Waals surface area (Å²) in [5, 5.41) is 15.4. The molecular weight excluding hydrogens is 240 g/mol. The Balaban J connectivity index is 2.56. The van der Waals surface area contributed by atoms with E-state index in [4.69, 9.17) is 5.11 Å². The van der Waals surface area contributed by atoms with Crippen LogP contribution in [0, 0.1) is 0 Å². The lowest BCUT2D eigenvalue weighted by Crippen LogP contribution is -2.11. The van der Waals surface area contributed by atoms with Crippen LogP contribution in [0.5, 0.6) is 0 Å². The summed E-state index contributed by atoms with van der Waals surface area (Å²) in [6, 6.07) is 0. The number of rotatable bonds is 10. The van der Waals surface area contributed by atoms with Gasteiger partial charge in [-0.05, 0) is 32.1 Å². The van der Waals surface area contributed by atoms with Crippen LogP contribution in [-0.2, 0) is 6.42 Å². The average molecular weight is 266 g/mol. The molecule has 5 heteroatoms. The van der Waals surface area contributed by atoms with Gasteiger partial charge in [0, 0.05) is 25.3 Å². The highest BCUT2D eigenvalue weighted by atomic mass is 16.2. The topological polar surface area (TPSA) is 70.1 Å². The van der Waals surface area contributed by atoms with Crippen molar-refractivity contribution >= 4 is 11.6 Å². The van der Waals surface area contributed by atoms with Gasteiger partial charge in [0.2, 0.25) is 0 Å². The molecule has 0 fully saturated rings. The van der Waals surface area contributed by atoms with Gasteiger partial charge < -0.3 is 15.7 Å². The van der Waals surface area contributed by atoms with Crippen LogP contribution >= 0.6 is 0 Å². The number of aliphatic hydroxyl groups is 1. The summed E-state index contributed by atoms with van der Waals surface area (Å²) in [6.45, 7) is 6.35. The van der Waals surface area contributed by atoms with Gasteiger partial charge in [-0.25, -0.2) is 9.97 Å². The number of hydrogen-bond acceptors (Lipinski definition) is 5. The van der Waals surface area contributed by atoms with Crippen molar-refractivity contribution < 1.29 is 5.11 Å². The lowest BCUT2D eigenvalue weighted by Gasteiger charge is -2.14. The molecule has 3 N–H and O–H groups in total. The molecule has 1 heterocycles. The van der Waals surface area contributed by atoms with E-state index < -0.39 is 0 Å². The number of anilines is 2. The maximum absolute atomic E-state index is 8.73. The quantitative estimate of drug-likeness (QED) is 0.567. The van der Waals surface area contributed by atoms with Crippen molar-refractivity contribution in [3.8, 4) is 0 Å². The molecule has 108 valence electrons. The van der Waals surface area contributed by atoms with Crippen molar-refractivity contribution in [1.82, 2.24) is 9.97 Å². The molecule has 0 saturated carbocycles. The van der Waals surface area contributed by atoms with Crippen LogP contribution in [0.4, 0.5) is 11.6 Å². The zero-order valence-electron chi connectivity index (χ0n) is 12.1. The minimum absolute atomic E-state index is 0.277. The first-order valence-electron chi connectivity index (χ1n) is 7.25. The van der Waals surface area contributed by atoms with Gasteiger partial charge in [-0.1, -0.05) is 13.8 Å². The fourth-order valence-corrected chi connectivity index (χ4v) is 1.92. The molecule has 0 aliphatic carbocycles. The Morgan fingerprint density at radius 3 is 2.26 bits per heavy atom. The number of aromatic nitrogens is 2. The summed E-state index contributed by atoms with van der Waals surface area (Å²) < 4.78 is 0. The second-order valence-corrected chi connectivity index (χ2v) is 4.54. The van der Waals surface area contributed by atoms with Gasteiger partial charge in [-0.15, -0.1) is 0 Å². The monoisotopic (exact) mass is 266 g/mol. The average Bonchev–Trinajstić information content (AvgIpc) is 2.44. The molecule has 0 atom stereocenters. The lowest BCUT2D eigenvalue weighted by molar-refractivity contribution is 0.283. The van der Waals surface area contributed by atoms with Gasteiger partial charge in [-0.2, -0.15) is 0 Å². The minimum atomic E-state index is 0.277. The first-order valence-corrected chi connectivity index (χ1v) is 7.25. The lowest BCUT2D eigenvalue weighted by atomic mass is 10.2. The van der Waals surface area contributed by atoms with E-state index in [1.807, 2.05) is 0 Å². The molecule has 0 aromatic carbocycles. The second kappa shape index (κ2) is 9.55. The third-order valence-electron chi connectivity index (χ3n) is 2.97. The zero-order chi connectivity index (χ0) is 13.9. The predicted octanol–water partition coefficient (Wildman–Crippen LogP) is 2.44. The Bertz CT molecular complexity index is 357. The third-order valence-corrected chi connectivity index (χ3v) is 2.97. The molecule has 1 aromatic heterocycles. The summed E-state index contributed by atoms with van der Waals surface area (Å²) in [5.41, 5.74) is 1.15. The molecule has 1 rings (SSSR count). The molecule has 19 heavy (non-hydrogen) atoms. The van der Waals surface area contributed by atoms with Crippen molar-refractivity contribution in [2.75, 3.05) is 30.3 Å². The van der Waals surface area contributed by atoms with E-state index in [2.05, 4.69) is 34.4 Å². The summed E-state index contributed by atoms with van der Waals surface area (Å²) in [6.07, 6.45) is 6.55. The van der Waals surface area contributed by atoms with E-state index in [-0.39, 0.29) is 6.61 Å². The number of aliphatic hydroxyl groups excluding tert-OH is 1. The van der Waals surface area contributed by atoms with Crippen molar-refractivity contribution in [2.24, 2.45) is 0 Å². The largest absolute Gasteiger partial charge is 0.396 e. The van der Waals surface area contributed by atoms with Gasteiger partial charge in [0.1, 0.15) is 18.0 Å². The molecule has 5 nitrogen and oxygen atoms in total. The fraction of sp³-hybridized carbons (Fsp3) is 0.714. The number of unbranched alkanes of at least 4 members (excludes halogenated alkanes) is 2. The maximum atomic E-state index is 8.73. The molecule has 0 amide bonds. The van der Waals surface area contributed by atoms with Crippen molar-refractivity contribution in [2.45, 2.75) is 46.0 Å². The summed E-state index contributed by atoms with van der Waals surface area (Å²) >= 11 is 0. The first-order chi connectivity index (χ1) is 9.33. The van der Waals surface area contributed by atoms with Crippen LogP contribution in [0.25, 0.3) is 0 Å². The Morgan fingerprint density at radius 2 is 1.68 bits per heavy atom. The molecule has 0 bridgehead atoms. The SMILES string of the molecule is CCCNc1ncnc(NCCCCCO)c1CC. The standard InChI is InChI=1S/C14H26N4O/c1-3-8-15-13-12(4-2)14(18-11-17-13)16-9-6-5-7-10-19/h11,19H,3-10H2,1-2H3,(H2,15,16,17,18). The highest BCUT2D eigenvalue weighted by Gasteiger charge is 2.08. The highest BCUT2D eigenvalue weighted by Crippen LogP contribution is 2.20. The summed E-state index contributed by atoms with van der Waals surface area (Å²) in [5.74, 6) is 1.87. The normalized spacial score (nSPS) is 10.5. The Labute approximate surface area is 115 Å². The zero-order valence-corrected chi connectivity index (χ0v) is 12.1. The molecule has 0 unspecified atom stereocenters. The van der Waals surface area contributed by atoms with Crippen LogP contribution in [0.3, 0.4) is 0 Å². The number of nitrogens with zero attached hydrogens (tertiary/aromatic N) is 2. The first kappa shape index (κ1) is 15.7. The Kier molecular flexibility index (Phi) is 7.89. The van der Waals surface area contributed by atoms with Crippen LogP contribution in [0.2, 0.25) is 0 Å². The van der Waals surface area contributed by atoms with E-state index in [1.54, 1.807) is 6.33 Å². The van der Waals surface area contributed by atoms with E-state index in [0.29, 0.717) is 0 Å². The smallest absolute Gasteiger partial charge is 0.134 e. The summed E-state index contributed by atoms with van der Waals surface area (Å²) in [7, 11) is 0. The molecule has 1 aromatic rings. The van der Waals surface area contributed by atoms with Crippen LogP contribution in [0.15, 0.2) is 6.33 Å². The van der Waals surface area contributed by atoms with Crippen LogP contribution in [-0.4, -0.2) is 34.8 Å². The molecular formula is C14H26N4O. The van der Waals surface area contributed by atoms with E-state index in [9.17, 15) is 0 Å². The van der Waals surface area contributed by atoms with E-state index in [1.165, 1.54) is 0 Å². The minimum Gasteiger partial charge on any atom is -0.396 e. The van der Waals surface area contributed by atoms with Crippen molar-refractivity contribution in [3.63, 3.8) is 0 Å². The molecule has 0 spiro atoms. The predicted molar refractivity (Wildman–Crippen MR) is 79.6 cm³/mol. The third kappa shape index (κ3) is 5.42. The van der Waals surface area contributed by atoms with Crippen LogP contribution < -0.4 is 10.6 Å². The van der Waals surface area contributed by atoms with E-state index >= 15 is 0 Å². The second-order valence-electron chi connectivity index (χ2n) is 4.54. The van der Waals surface area contributed by atoms with Crippen LogP contribution in [0.1, 0.15) is 45.1 Å².